The fourth-order valence-corrected chi connectivity index (χ4v) is 5.41. The van der Waals surface area contributed by atoms with Gasteiger partial charge in [-0.1, -0.05) is 51.9 Å². The fraction of sp³-hybridized carbons (Fsp3) is 0.742. The molecule has 1 aliphatic carbocycles. The molecule has 0 aromatic heterocycles. The van der Waals surface area contributed by atoms with E-state index in [2.05, 4.69) is 17.1 Å². The van der Waals surface area contributed by atoms with Gasteiger partial charge in [-0.25, -0.2) is 4.39 Å². The zero-order valence-electron chi connectivity index (χ0n) is 24.8. The number of amides is 2. The first kappa shape index (κ1) is 33.8. The van der Waals surface area contributed by atoms with Crippen LogP contribution < -0.4 is 15.0 Å². The summed E-state index contributed by atoms with van der Waals surface area (Å²) >= 11 is 0. The van der Waals surface area contributed by atoms with Crippen LogP contribution in [0.2, 0.25) is 0 Å². The Balaban J connectivity index is 0.000000342. The number of hydrogen-bond acceptors (Lipinski definition) is 6. The molecule has 2 atom stereocenters. The first-order valence-corrected chi connectivity index (χ1v) is 15.2. The van der Waals surface area contributed by atoms with Crippen LogP contribution in [0.3, 0.4) is 0 Å². The fourth-order valence-electron chi connectivity index (χ4n) is 5.41. The summed E-state index contributed by atoms with van der Waals surface area (Å²) in [6.45, 7) is 7.36. The number of hydrogen-bond donors (Lipinski definition) is 3. The smallest absolute Gasteiger partial charge is 0.253 e. The van der Waals surface area contributed by atoms with E-state index in [1.54, 1.807) is 7.05 Å². The van der Waals surface area contributed by atoms with E-state index in [-0.39, 0.29) is 5.82 Å². The van der Waals surface area contributed by atoms with Gasteiger partial charge in [0.2, 0.25) is 6.41 Å². The van der Waals surface area contributed by atoms with Crippen molar-refractivity contribution in [3.05, 3.63) is 24.0 Å². The van der Waals surface area contributed by atoms with E-state index in [0.29, 0.717) is 24.8 Å². The van der Waals surface area contributed by atoms with Crippen LogP contribution in [-0.2, 0) is 9.59 Å². The Morgan fingerprint density at radius 2 is 1.85 bits per heavy atom. The van der Waals surface area contributed by atoms with E-state index < -0.39 is 18.1 Å². The van der Waals surface area contributed by atoms with Crippen LogP contribution in [0.15, 0.2) is 18.2 Å². The molecule has 1 aromatic carbocycles. The number of benzene rings is 1. The maximum atomic E-state index is 13.8. The quantitative estimate of drug-likeness (QED) is 0.227. The second-order valence-corrected chi connectivity index (χ2v) is 11.4. The van der Waals surface area contributed by atoms with Gasteiger partial charge in [0, 0.05) is 39.3 Å². The van der Waals surface area contributed by atoms with E-state index in [9.17, 15) is 19.1 Å². The molecule has 0 spiro atoms. The Kier molecular flexibility index (Phi) is 15.9. The monoisotopic (exact) mass is 565 g/mol. The van der Waals surface area contributed by atoms with Crippen LogP contribution in [-0.4, -0.2) is 79.5 Å². The minimum Gasteiger partial charge on any atom is -0.491 e. The predicted molar refractivity (Wildman–Crippen MR) is 157 cm³/mol. The van der Waals surface area contributed by atoms with E-state index in [4.69, 9.17) is 9.84 Å². The molecule has 1 aliphatic heterocycles. The molecular weight excluding hydrogens is 513 g/mol. The number of carbonyl (C=O) groups excluding carboxylic acids is 2. The second-order valence-electron chi connectivity index (χ2n) is 11.4. The normalized spacial score (nSPS) is 17.8. The third kappa shape index (κ3) is 12.0. The Hall–Kier alpha value is -2.39. The van der Waals surface area contributed by atoms with Crippen molar-refractivity contribution in [1.29, 1.82) is 0 Å². The Bertz CT molecular complexity index is 857. The molecule has 8 nitrogen and oxygen atoms in total. The highest BCUT2D eigenvalue weighted by Gasteiger charge is 2.24. The van der Waals surface area contributed by atoms with Gasteiger partial charge in [0.05, 0.1) is 18.4 Å². The molecule has 0 bridgehead atoms. The molecule has 3 rings (SSSR count). The minimum absolute atomic E-state index is 0.244. The van der Waals surface area contributed by atoms with Crippen molar-refractivity contribution in [2.45, 2.75) is 96.7 Å². The average Bonchev–Trinajstić information content (AvgIpc) is 2.96. The summed E-state index contributed by atoms with van der Waals surface area (Å²) in [4.78, 5) is 25.6. The number of ether oxygens (including phenoxy) is 1. The first-order chi connectivity index (χ1) is 19.3. The third-order valence-electron chi connectivity index (χ3n) is 8.06. The number of unbranched alkanes of at least 4 members (excludes halogenated alkanes) is 2. The zero-order valence-corrected chi connectivity index (χ0v) is 24.8. The molecule has 3 N–H and O–H groups in total. The standard InChI is InChI=1S/C21H31FN2O2.C10H21NO3/c22-19-6-7-20(24-11-8-18(9-12-24)15-23-16-25)21(14-19)26-13-10-17-4-2-1-3-5-17;1-4-5-6-7-11(3)10(14)9(13)8(2)12/h6-7,14,16-18H,1-5,8-13,15H2,(H,23,25);8-9,12-13H,4-7H2,1-3H3/t;8-,9+/m.0/s1. The van der Waals surface area contributed by atoms with Gasteiger partial charge in [-0.2, -0.15) is 0 Å². The number of aliphatic hydroxyl groups excluding tert-OH is 2. The molecule has 2 fully saturated rings. The molecule has 2 amide bonds. The summed E-state index contributed by atoms with van der Waals surface area (Å²) in [7, 11) is 1.64. The lowest BCUT2D eigenvalue weighted by Crippen LogP contribution is -2.42. The van der Waals surface area contributed by atoms with E-state index >= 15 is 0 Å². The highest BCUT2D eigenvalue weighted by atomic mass is 19.1. The first-order valence-electron chi connectivity index (χ1n) is 15.2. The van der Waals surface area contributed by atoms with Crippen LogP contribution in [0.4, 0.5) is 10.1 Å². The molecule has 0 unspecified atom stereocenters. The van der Waals surface area contributed by atoms with Crippen LogP contribution in [0.1, 0.15) is 84.5 Å². The highest BCUT2D eigenvalue weighted by Crippen LogP contribution is 2.33. The van der Waals surface area contributed by atoms with E-state index in [1.807, 2.05) is 6.07 Å². The minimum atomic E-state index is -1.29. The number of likely N-dealkylation sites (N-methyl/N-ethyl adjacent to an activating group) is 1. The number of nitrogens with zero attached hydrogens (tertiary/aromatic N) is 2. The van der Waals surface area contributed by atoms with Gasteiger partial charge in [-0.05, 0) is 56.6 Å². The molecule has 1 aromatic rings. The zero-order chi connectivity index (χ0) is 29.3. The van der Waals surface area contributed by atoms with Gasteiger partial charge in [-0.15, -0.1) is 0 Å². The molecule has 1 saturated carbocycles. The van der Waals surface area contributed by atoms with Gasteiger partial charge < -0.3 is 30.1 Å². The number of rotatable bonds is 14. The van der Waals surface area contributed by atoms with Gasteiger partial charge in [0.15, 0.2) is 6.10 Å². The average molecular weight is 566 g/mol. The van der Waals surface area contributed by atoms with Gasteiger partial charge in [-0.3, -0.25) is 9.59 Å². The van der Waals surface area contributed by atoms with Crippen molar-refractivity contribution in [1.82, 2.24) is 10.2 Å². The number of nitrogens with one attached hydrogen (secondary N) is 1. The summed E-state index contributed by atoms with van der Waals surface area (Å²) in [5, 5.41) is 21.1. The predicted octanol–water partition coefficient (Wildman–Crippen LogP) is 4.51. The lowest BCUT2D eigenvalue weighted by Gasteiger charge is -2.34. The number of piperidine rings is 1. The van der Waals surface area contributed by atoms with Crippen molar-refractivity contribution in [2.75, 3.05) is 44.7 Å². The Morgan fingerprint density at radius 1 is 1.15 bits per heavy atom. The topological polar surface area (TPSA) is 102 Å². The third-order valence-corrected chi connectivity index (χ3v) is 8.06. The summed E-state index contributed by atoms with van der Waals surface area (Å²) in [5.74, 6) is 1.31. The van der Waals surface area contributed by atoms with Crippen LogP contribution in [0.5, 0.6) is 5.75 Å². The SMILES string of the molecule is CCCCCN(C)C(=O)[C@H](O)[C@H](C)O.O=CNCC1CCN(c2ccc(F)cc2OCCC2CCCCC2)CC1. The Labute approximate surface area is 240 Å². The number of carbonyl (C=O) groups is 2. The lowest BCUT2D eigenvalue weighted by molar-refractivity contribution is -0.144. The maximum absolute atomic E-state index is 13.8. The summed E-state index contributed by atoms with van der Waals surface area (Å²) in [5.41, 5.74) is 0.997. The molecule has 228 valence electrons. The van der Waals surface area contributed by atoms with E-state index in [1.165, 1.54) is 56.1 Å². The van der Waals surface area contributed by atoms with Crippen molar-refractivity contribution >= 4 is 18.0 Å². The van der Waals surface area contributed by atoms with Gasteiger partial charge >= 0.3 is 0 Å². The molecular formula is C31H52FN3O5. The Morgan fingerprint density at radius 3 is 2.48 bits per heavy atom. The van der Waals surface area contributed by atoms with E-state index in [0.717, 1.165) is 76.2 Å². The summed E-state index contributed by atoms with van der Waals surface area (Å²) < 4.78 is 19.8. The number of halogens is 1. The summed E-state index contributed by atoms with van der Waals surface area (Å²) in [6, 6.07) is 4.88. The second kappa shape index (κ2) is 18.9. The largest absolute Gasteiger partial charge is 0.491 e. The molecule has 1 saturated heterocycles. The van der Waals surface area contributed by atoms with Crippen molar-refractivity contribution in [3.8, 4) is 5.75 Å². The van der Waals surface area contributed by atoms with Gasteiger partial charge in [0.25, 0.3) is 5.91 Å². The van der Waals surface area contributed by atoms with Crippen molar-refractivity contribution in [2.24, 2.45) is 11.8 Å². The number of anilines is 1. The molecule has 1 heterocycles. The molecule has 9 heteroatoms. The molecule has 2 aliphatic rings. The van der Waals surface area contributed by atoms with Crippen molar-refractivity contribution < 1.29 is 28.9 Å². The highest BCUT2D eigenvalue weighted by molar-refractivity contribution is 5.80. The lowest BCUT2D eigenvalue weighted by atomic mass is 9.87. The molecule has 0 radical (unpaired) electrons. The molecule has 40 heavy (non-hydrogen) atoms. The van der Waals surface area contributed by atoms with Crippen molar-refractivity contribution in [3.63, 3.8) is 0 Å². The van der Waals surface area contributed by atoms with Crippen LogP contribution in [0, 0.1) is 17.7 Å². The van der Waals surface area contributed by atoms with Gasteiger partial charge in [0.1, 0.15) is 11.6 Å². The maximum Gasteiger partial charge on any atom is 0.253 e. The van der Waals surface area contributed by atoms with Crippen LogP contribution in [0.25, 0.3) is 0 Å². The van der Waals surface area contributed by atoms with Crippen LogP contribution >= 0.6 is 0 Å². The summed E-state index contributed by atoms with van der Waals surface area (Å²) in [6.07, 6.45) is 11.4. The number of aliphatic hydroxyl groups is 2.